The van der Waals surface area contributed by atoms with E-state index in [4.69, 9.17) is 16.0 Å². The van der Waals surface area contributed by atoms with Crippen LogP contribution in [-0.2, 0) is 6.54 Å². The molecule has 3 aromatic rings. The molecule has 0 aliphatic heterocycles. The van der Waals surface area contributed by atoms with Crippen molar-refractivity contribution < 1.29 is 9.21 Å². The standard InChI is InChI=1S/C16H13ClN2O2/c1-10-3-2-4-13(19-10)9-18-16(20)15-8-11-7-12(17)5-6-14(11)21-15/h2-8H,9H2,1H3,(H,18,20). The Labute approximate surface area is 126 Å². The fraction of sp³-hybridized carbons (Fsp3) is 0.125. The van der Waals surface area contributed by atoms with E-state index in [-0.39, 0.29) is 11.7 Å². The van der Waals surface area contributed by atoms with Gasteiger partial charge in [-0.1, -0.05) is 17.7 Å². The number of benzene rings is 1. The van der Waals surface area contributed by atoms with Crippen LogP contribution in [0.1, 0.15) is 21.9 Å². The van der Waals surface area contributed by atoms with E-state index in [2.05, 4.69) is 10.3 Å². The van der Waals surface area contributed by atoms with E-state index in [1.807, 2.05) is 25.1 Å². The number of aromatic nitrogens is 1. The first-order chi connectivity index (χ1) is 10.1. The summed E-state index contributed by atoms with van der Waals surface area (Å²) >= 11 is 5.91. The Hall–Kier alpha value is -2.33. The number of furan rings is 1. The topological polar surface area (TPSA) is 55.1 Å². The van der Waals surface area contributed by atoms with Crippen molar-refractivity contribution in [1.29, 1.82) is 0 Å². The lowest BCUT2D eigenvalue weighted by atomic mass is 10.2. The van der Waals surface area contributed by atoms with Gasteiger partial charge in [0.25, 0.3) is 5.91 Å². The summed E-state index contributed by atoms with van der Waals surface area (Å²) in [7, 11) is 0. The minimum atomic E-state index is -0.273. The lowest BCUT2D eigenvalue weighted by Crippen LogP contribution is -2.22. The van der Waals surface area contributed by atoms with Crippen LogP contribution in [0.15, 0.2) is 46.9 Å². The Kier molecular flexibility index (Phi) is 3.62. The maximum Gasteiger partial charge on any atom is 0.287 e. The molecule has 0 bridgehead atoms. The first kappa shape index (κ1) is 13.6. The van der Waals surface area contributed by atoms with Gasteiger partial charge in [-0.3, -0.25) is 9.78 Å². The summed E-state index contributed by atoms with van der Waals surface area (Å²) in [6, 6.07) is 12.6. The second-order valence-corrected chi connectivity index (χ2v) is 5.18. The molecule has 0 aliphatic rings. The van der Waals surface area contributed by atoms with E-state index in [0.717, 1.165) is 16.8 Å². The molecule has 0 unspecified atom stereocenters. The molecule has 0 aliphatic carbocycles. The van der Waals surface area contributed by atoms with E-state index in [0.29, 0.717) is 17.2 Å². The Morgan fingerprint density at radius 1 is 1.29 bits per heavy atom. The second kappa shape index (κ2) is 5.58. The number of carbonyl (C=O) groups excluding carboxylic acids is 1. The molecule has 0 radical (unpaired) electrons. The van der Waals surface area contributed by atoms with Crippen molar-refractivity contribution in [3.05, 3.63) is 64.6 Å². The molecule has 106 valence electrons. The number of aryl methyl sites for hydroxylation is 1. The molecule has 1 N–H and O–H groups in total. The predicted molar refractivity (Wildman–Crippen MR) is 81.4 cm³/mol. The number of amides is 1. The Balaban J connectivity index is 1.74. The monoisotopic (exact) mass is 300 g/mol. The number of pyridine rings is 1. The van der Waals surface area contributed by atoms with Crippen molar-refractivity contribution >= 4 is 28.5 Å². The zero-order valence-electron chi connectivity index (χ0n) is 11.4. The number of nitrogens with zero attached hydrogens (tertiary/aromatic N) is 1. The van der Waals surface area contributed by atoms with E-state index < -0.39 is 0 Å². The van der Waals surface area contributed by atoms with Gasteiger partial charge in [0.1, 0.15) is 5.58 Å². The molecular weight excluding hydrogens is 288 g/mol. The van der Waals surface area contributed by atoms with Gasteiger partial charge in [0.05, 0.1) is 12.2 Å². The third-order valence-electron chi connectivity index (χ3n) is 3.08. The fourth-order valence-electron chi connectivity index (χ4n) is 2.08. The molecule has 4 nitrogen and oxygen atoms in total. The number of carbonyl (C=O) groups is 1. The molecule has 21 heavy (non-hydrogen) atoms. The zero-order chi connectivity index (χ0) is 14.8. The number of hydrogen-bond acceptors (Lipinski definition) is 3. The van der Waals surface area contributed by atoms with Crippen LogP contribution in [0.3, 0.4) is 0 Å². The molecule has 1 amide bonds. The average Bonchev–Trinajstić information content (AvgIpc) is 2.88. The summed E-state index contributed by atoms with van der Waals surface area (Å²) in [6.45, 7) is 2.27. The van der Waals surface area contributed by atoms with Crippen LogP contribution in [0, 0.1) is 6.92 Å². The lowest BCUT2D eigenvalue weighted by molar-refractivity contribution is 0.0925. The number of nitrogens with one attached hydrogen (secondary N) is 1. The lowest BCUT2D eigenvalue weighted by Gasteiger charge is -2.03. The van der Waals surface area contributed by atoms with Crippen molar-refractivity contribution in [3.63, 3.8) is 0 Å². The smallest absolute Gasteiger partial charge is 0.287 e. The molecule has 0 saturated carbocycles. The largest absolute Gasteiger partial charge is 0.451 e. The Morgan fingerprint density at radius 3 is 2.95 bits per heavy atom. The van der Waals surface area contributed by atoms with Crippen molar-refractivity contribution in [2.45, 2.75) is 13.5 Å². The highest BCUT2D eigenvalue weighted by Crippen LogP contribution is 2.22. The highest BCUT2D eigenvalue weighted by atomic mass is 35.5. The first-order valence-electron chi connectivity index (χ1n) is 6.52. The van der Waals surface area contributed by atoms with Crippen LogP contribution in [0.25, 0.3) is 11.0 Å². The summed E-state index contributed by atoms with van der Waals surface area (Å²) in [6.07, 6.45) is 0. The molecule has 0 spiro atoms. The van der Waals surface area contributed by atoms with Crippen LogP contribution < -0.4 is 5.32 Å². The average molecular weight is 301 g/mol. The highest BCUT2D eigenvalue weighted by Gasteiger charge is 2.12. The van der Waals surface area contributed by atoms with Gasteiger partial charge in [-0.15, -0.1) is 0 Å². The molecule has 0 saturated heterocycles. The molecular formula is C16H13ClN2O2. The third kappa shape index (κ3) is 3.06. The molecule has 0 fully saturated rings. The summed E-state index contributed by atoms with van der Waals surface area (Å²) < 4.78 is 5.51. The molecule has 5 heteroatoms. The van der Waals surface area contributed by atoms with Gasteiger partial charge in [0, 0.05) is 16.1 Å². The third-order valence-corrected chi connectivity index (χ3v) is 3.31. The van der Waals surface area contributed by atoms with Gasteiger partial charge in [-0.05, 0) is 43.3 Å². The fourth-order valence-corrected chi connectivity index (χ4v) is 2.26. The number of rotatable bonds is 3. The van der Waals surface area contributed by atoms with E-state index >= 15 is 0 Å². The molecule has 1 aromatic carbocycles. The van der Waals surface area contributed by atoms with Crippen molar-refractivity contribution in [3.8, 4) is 0 Å². The number of hydrogen-bond donors (Lipinski definition) is 1. The summed E-state index contributed by atoms with van der Waals surface area (Å²) in [5, 5.41) is 4.21. The van der Waals surface area contributed by atoms with Gasteiger partial charge < -0.3 is 9.73 Å². The zero-order valence-corrected chi connectivity index (χ0v) is 12.1. The number of fused-ring (bicyclic) bond motifs is 1. The Morgan fingerprint density at radius 2 is 2.14 bits per heavy atom. The van der Waals surface area contributed by atoms with Crippen molar-refractivity contribution in [1.82, 2.24) is 10.3 Å². The van der Waals surface area contributed by atoms with Crippen LogP contribution in [0.4, 0.5) is 0 Å². The predicted octanol–water partition coefficient (Wildman–Crippen LogP) is 3.72. The van der Waals surface area contributed by atoms with E-state index in [9.17, 15) is 4.79 Å². The van der Waals surface area contributed by atoms with E-state index in [1.54, 1.807) is 24.3 Å². The van der Waals surface area contributed by atoms with Gasteiger partial charge in [0.2, 0.25) is 0 Å². The summed E-state index contributed by atoms with van der Waals surface area (Å²) in [4.78, 5) is 16.4. The van der Waals surface area contributed by atoms with Gasteiger partial charge in [-0.2, -0.15) is 0 Å². The minimum Gasteiger partial charge on any atom is -0.451 e. The minimum absolute atomic E-state index is 0.264. The highest BCUT2D eigenvalue weighted by molar-refractivity contribution is 6.31. The van der Waals surface area contributed by atoms with Crippen LogP contribution in [0.5, 0.6) is 0 Å². The normalized spacial score (nSPS) is 10.8. The SMILES string of the molecule is Cc1cccc(CNC(=O)c2cc3cc(Cl)ccc3o2)n1. The quantitative estimate of drug-likeness (QED) is 0.802. The maximum absolute atomic E-state index is 12.1. The molecule has 0 atom stereocenters. The maximum atomic E-state index is 12.1. The van der Waals surface area contributed by atoms with Gasteiger partial charge >= 0.3 is 0 Å². The molecule has 2 aromatic heterocycles. The first-order valence-corrected chi connectivity index (χ1v) is 6.89. The Bertz CT molecular complexity index is 811. The van der Waals surface area contributed by atoms with Gasteiger partial charge in [0.15, 0.2) is 5.76 Å². The molecule has 3 rings (SSSR count). The molecule has 2 heterocycles. The summed E-state index contributed by atoms with van der Waals surface area (Å²) in [5.41, 5.74) is 2.36. The summed E-state index contributed by atoms with van der Waals surface area (Å²) in [5.74, 6) is -0.00875. The van der Waals surface area contributed by atoms with Crippen LogP contribution >= 0.6 is 11.6 Å². The van der Waals surface area contributed by atoms with Crippen LogP contribution in [-0.4, -0.2) is 10.9 Å². The van der Waals surface area contributed by atoms with Crippen molar-refractivity contribution in [2.24, 2.45) is 0 Å². The number of halogens is 1. The van der Waals surface area contributed by atoms with E-state index in [1.165, 1.54) is 0 Å². The van der Waals surface area contributed by atoms with Crippen molar-refractivity contribution in [2.75, 3.05) is 0 Å². The van der Waals surface area contributed by atoms with Gasteiger partial charge in [-0.25, -0.2) is 0 Å². The van der Waals surface area contributed by atoms with Crippen LogP contribution in [0.2, 0.25) is 5.02 Å². The second-order valence-electron chi connectivity index (χ2n) is 4.75.